The van der Waals surface area contributed by atoms with Crippen molar-refractivity contribution < 1.29 is 12.9 Å². The average molecular weight is 358 g/mol. The highest BCUT2D eigenvalue weighted by Gasteiger charge is 2.30. The van der Waals surface area contributed by atoms with E-state index in [4.69, 9.17) is 10.3 Å². The molecule has 130 valence electrons. The third kappa shape index (κ3) is 3.16. The molecular weight excluding hydrogens is 340 g/mol. The fourth-order valence-corrected chi connectivity index (χ4v) is 3.54. The van der Waals surface area contributed by atoms with Crippen LogP contribution in [-0.4, -0.2) is 13.6 Å². The van der Waals surface area contributed by atoms with Gasteiger partial charge >= 0.3 is 0 Å². The van der Waals surface area contributed by atoms with Crippen LogP contribution in [0.5, 0.6) is 0 Å². The van der Waals surface area contributed by atoms with Gasteiger partial charge in [-0.05, 0) is 38.1 Å². The number of nitrogens with two attached hydrogens (primary N) is 1. The maximum atomic E-state index is 13.1. The number of hydrogen-bond donors (Lipinski definition) is 2. The molecule has 1 heterocycles. The van der Waals surface area contributed by atoms with Crippen molar-refractivity contribution in [2.24, 2.45) is 0 Å². The Balaban J connectivity index is 2.13. The molecule has 3 N–H and O–H groups in total. The maximum absolute atomic E-state index is 13.1. The Morgan fingerprint density at radius 1 is 1.04 bits per heavy atom. The molecular formula is C17H18N4O3S. The molecule has 0 fully saturated rings. The Morgan fingerprint density at radius 3 is 2.28 bits per heavy atom. The molecule has 0 bridgehead atoms. The van der Waals surface area contributed by atoms with Gasteiger partial charge in [0.1, 0.15) is 0 Å². The molecule has 0 spiro atoms. The second-order valence-electron chi connectivity index (χ2n) is 5.48. The Kier molecular flexibility index (Phi) is 4.37. The zero-order valence-electron chi connectivity index (χ0n) is 13.8. The highest BCUT2D eigenvalue weighted by atomic mass is 32.2. The lowest BCUT2D eigenvalue weighted by Crippen LogP contribution is -2.36. The van der Waals surface area contributed by atoms with Crippen molar-refractivity contribution in [1.29, 1.82) is 0 Å². The molecule has 0 saturated heterocycles. The first-order chi connectivity index (χ1) is 11.9. The number of rotatable bonds is 5. The van der Waals surface area contributed by atoms with E-state index in [0.29, 0.717) is 22.6 Å². The van der Waals surface area contributed by atoms with E-state index in [-0.39, 0.29) is 10.8 Å². The predicted octanol–water partition coefficient (Wildman–Crippen LogP) is 3.10. The second kappa shape index (κ2) is 6.48. The number of nitrogens with one attached hydrogen (secondary N) is 1. The number of sulfonamides is 1. The van der Waals surface area contributed by atoms with E-state index >= 15 is 0 Å². The monoisotopic (exact) mass is 358 g/mol. The van der Waals surface area contributed by atoms with Crippen LogP contribution >= 0.6 is 0 Å². The van der Waals surface area contributed by atoms with Crippen LogP contribution in [0.4, 0.5) is 17.3 Å². The summed E-state index contributed by atoms with van der Waals surface area (Å²) in [7, 11) is -3.95. The van der Waals surface area contributed by atoms with E-state index in [1.54, 1.807) is 56.3 Å². The van der Waals surface area contributed by atoms with E-state index in [1.807, 2.05) is 0 Å². The molecule has 8 heteroatoms. The quantitative estimate of drug-likeness (QED) is 0.537. The Labute approximate surface area is 146 Å². The Bertz CT molecular complexity index is 984. The SMILES string of the molecule is Cc1noc(N(Nc2ccccc2N)S(=O)(=O)c2ccccc2)c1C. The standard InChI is InChI=1S/C17H18N4O3S/c1-12-13(2)20-24-17(12)21(19-16-11-7-6-10-15(16)18)25(22,23)14-8-4-3-5-9-14/h3-11,19H,18H2,1-2H3. The molecule has 3 rings (SSSR count). The summed E-state index contributed by atoms with van der Waals surface area (Å²) in [6, 6.07) is 14.9. The van der Waals surface area contributed by atoms with E-state index in [0.717, 1.165) is 4.41 Å². The molecule has 0 saturated carbocycles. The summed E-state index contributed by atoms with van der Waals surface area (Å²) >= 11 is 0. The summed E-state index contributed by atoms with van der Waals surface area (Å²) in [5.41, 5.74) is 10.8. The smallest absolute Gasteiger partial charge is 0.284 e. The van der Waals surface area contributed by atoms with Crippen molar-refractivity contribution in [3.63, 3.8) is 0 Å². The van der Waals surface area contributed by atoms with Crippen LogP contribution in [0, 0.1) is 13.8 Å². The van der Waals surface area contributed by atoms with Gasteiger partial charge in [-0.15, -0.1) is 4.41 Å². The minimum Gasteiger partial charge on any atom is -0.397 e. The van der Waals surface area contributed by atoms with Crippen LogP contribution in [0.25, 0.3) is 0 Å². The lowest BCUT2D eigenvalue weighted by atomic mass is 10.3. The normalized spacial score (nSPS) is 11.3. The van der Waals surface area contributed by atoms with Crippen LogP contribution in [0.2, 0.25) is 0 Å². The van der Waals surface area contributed by atoms with E-state index < -0.39 is 10.0 Å². The molecule has 0 aliphatic rings. The minimum atomic E-state index is -3.95. The number of nitrogen functional groups attached to an aromatic ring is 1. The first-order valence-corrected chi connectivity index (χ1v) is 8.99. The van der Waals surface area contributed by atoms with Gasteiger partial charge in [-0.3, -0.25) is 5.43 Å². The number of para-hydroxylation sites is 2. The fraction of sp³-hybridized carbons (Fsp3) is 0.118. The molecule has 7 nitrogen and oxygen atoms in total. The minimum absolute atomic E-state index is 0.0876. The van der Waals surface area contributed by atoms with Gasteiger partial charge in [0.05, 0.1) is 22.0 Å². The van der Waals surface area contributed by atoms with Crippen LogP contribution in [0.3, 0.4) is 0 Å². The average Bonchev–Trinajstić information content (AvgIpc) is 2.94. The Morgan fingerprint density at radius 2 is 1.68 bits per heavy atom. The second-order valence-corrected chi connectivity index (χ2v) is 7.27. The summed E-state index contributed by atoms with van der Waals surface area (Å²) in [4.78, 5) is 0.116. The summed E-state index contributed by atoms with van der Waals surface area (Å²) in [6.07, 6.45) is 0. The lowest BCUT2D eigenvalue weighted by Gasteiger charge is -2.24. The highest BCUT2D eigenvalue weighted by Crippen LogP contribution is 2.30. The van der Waals surface area contributed by atoms with Crippen molar-refractivity contribution in [1.82, 2.24) is 5.16 Å². The summed E-state index contributed by atoms with van der Waals surface area (Å²) in [5, 5.41) is 3.86. The van der Waals surface area contributed by atoms with Gasteiger partial charge in [-0.25, -0.2) is 0 Å². The summed E-state index contributed by atoms with van der Waals surface area (Å²) in [6.45, 7) is 3.48. The number of anilines is 3. The van der Waals surface area contributed by atoms with Gasteiger partial charge in [-0.1, -0.05) is 35.5 Å². The molecule has 3 aromatic rings. The molecule has 25 heavy (non-hydrogen) atoms. The molecule has 1 aromatic heterocycles. The van der Waals surface area contributed by atoms with Crippen molar-refractivity contribution in [3.05, 3.63) is 65.9 Å². The first-order valence-electron chi connectivity index (χ1n) is 7.55. The van der Waals surface area contributed by atoms with Crippen LogP contribution in [0.1, 0.15) is 11.3 Å². The van der Waals surface area contributed by atoms with Crippen molar-refractivity contribution in [2.45, 2.75) is 18.7 Å². The number of aromatic nitrogens is 1. The number of hydrogen-bond acceptors (Lipinski definition) is 6. The van der Waals surface area contributed by atoms with Crippen LogP contribution in [0.15, 0.2) is 64.0 Å². The van der Waals surface area contributed by atoms with Crippen molar-refractivity contribution in [2.75, 3.05) is 15.6 Å². The van der Waals surface area contributed by atoms with Crippen molar-refractivity contribution >= 4 is 27.3 Å². The van der Waals surface area contributed by atoms with Gasteiger partial charge in [0.2, 0.25) is 0 Å². The molecule has 0 amide bonds. The van der Waals surface area contributed by atoms with Crippen LogP contribution in [-0.2, 0) is 10.0 Å². The zero-order chi connectivity index (χ0) is 18.0. The van der Waals surface area contributed by atoms with E-state index in [9.17, 15) is 8.42 Å². The maximum Gasteiger partial charge on any atom is 0.284 e. The fourth-order valence-electron chi connectivity index (χ4n) is 2.22. The van der Waals surface area contributed by atoms with Gasteiger partial charge in [0.15, 0.2) is 0 Å². The summed E-state index contributed by atoms with van der Waals surface area (Å²) < 4.78 is 32.5. The van der Waals surface area contributed by atoms with E-state index in [2.05, 4.69) is 10.6 Å². The number of aryl methyl sites for hydroxylation is 1. The van der Waals surface area contributed by atoms with Gasteiger partial charge in [0.25, 0.3) is 15.9 Å². The third-order valence-corrected chi connectivity index (χ3v) is 5.39. The van der Waals surface area contributed by atoms with E-state index in [1.165, 1.54) is 12.1 Å². The first kappa shape index (κ1) is 16.8. The zero-order valence-corrected chi connectivity index (χ0v) is 14.6. The third-order valence-electron chi connectivity index (χ3n) is 3.78. The number of nitrogens with zero attached hydrogens (tertiary/aromatic N) is 2. The topological polar surface area (TPSA) is 101 Å². The summed E-state index contributed by atoms with van der Waals surface area (Å²) in [5.74, 6) is 0.0876. The molecule has 0 atom stereocenters. The highest BCUT2D eigenvalue weighted by molar-refractivity contribution is 7.92. The molecule has 2 aromatic carbocycles. The Hall–Kier alpha value is -3.00. The lowest BCUT2D eigenvalue weighted by molar-refractivity contribution is 0.421. The van der Waals surface area contributed by atoms with Gasteiger partial charge in [0, 0.05) is 5.56 Å². The number of benzene rings is 2. The molecule has 0 radical (unpaired) electrons. The van der Waals surface area contributed by atoms with Crippen molar-refractivity contribution in [3.8, 4) is 0 Å². The predicted molar refractivity (Wildman–Crippen MR) is 96.6 cm³/mol. The molecule has 0 aliphatic heterocycles. The largest absolute Gasteiger partial charge is 0.397 e. The number of hydrazine groups is 1. The van der Waals surface area contributed by atoms with Gasteiger partial charge < -0.3 is 10.3 Å². The molecule has 0 aliphatic carbocycles. The van der Waals surface area contributed by atoms with Gasteiger partial charge in [-0.2, -0.15) is 8.42 Å². The van der Waals surface area contributed by atoms with Crippen LogP contribution < -0.4 is 15.6 Å². The molecule has 0 unspecified atom stereocenters.